The molecule has 2 N–H and O–H groups in total. The van der Waals surface area contributed by atoms with Crippen molar-refractivity contribution in [1.82, 2.24) is 19.8 Å². The second-order valence-corrected chi connectivity index (χ2v) is 12.2. The topological polar surface area (TPSA) is 74.8 Å². The van der Waals surface area contributed by atoms with Gasteiger partial charge in [-0.2, -0.15) is 26.9 Å². The summed E-state index contributed by atoms with van der Waals surface area (Å²) >= 11 is 0. The standard InChI is InChI=1S/C28H38F6N6O2/c1-26(2)13-18(14-27(3,4)39(26)5)36-23-20(29)15-35-25(38-23)37-17-6-7-21(22(12-17)42-24(30)31)41-19-8-10-40(11-9-19)16-28(32,33)34/h6-7,12,15,18-19,24H,8-11,13-14,16H2,1-5H3,(H2,35,36,37,38). The molecule has 2 aliphatic heterocycles. The Morgan fingerprint density at radius 2 is 1.69 bits per heavy atom. The van der Waals surface area contributed by atoms with Crippen LogP contribution in [0.25, 0.3) is 0 Å². The van der Waals surface area contributed by atoms with E-state index in [2.05, 4.69) is 65.0 Å². The average molecular weight is 605 g/mol. The molecule has 2 saturated heterocycles. The lowest BCUT2D eigenvalue weighted by Crippen LogP contribution is -2.61. The molecule has 2 aromatic rings. The SMILES string of the molecule is CN1C(C)(C)CC(Nc2nc(Nc3ccc(OC4CCN(CC(F)(F)F)CC4)c(OC(F)F)c3)ncc2F)CC1(C)C. The van der Waals surface area contributed by atoms with E-state index in [4.69, 9.17) is 4.74 Å². The molecule has 0 unspecified atom stereocenters. The molecule has 0 bridgehead atoms. The number of aromatic nitrogens is 2. The number of alkyl halides is 5. The van der Waals surface area contributed by atoms with E-state index in [0.29, 0.717) is 12.8 Å². The molecule has 0 atom stereocenters. The molecule has 0 radical (unpaired) electrons. The minimum atomic E-state index is -4.29. The van der Waals surface area contributed by atoms with Crippen molar-refractivity contribution in [2.24, 2.45) is 0 Å². The Morgan fingerprint density at radius 1 is 1.05 bits per heavy atom. The smallest absolute Gasteiger partial charge is 0.401 e. The molecule has 1 aromatic heterocycles. The maximum Gasteiger partial charge on any atom is 0.401 e. The third-order valence-corrected chi connectivity index (χ3v) is 8.04. The van der Waals surface area contributed by atoms with Crippen molar-refractivity contribution >= 4 is 17.5 Å². The quantitative estimate of drug-likeness (QED) is 0.318. The summed E-state index contributed by atoms with van der Waals surface area (Å²) in [6.45, 7) is 4.72. The second kappa shape index (κ2) is 12.3. The van der Waals surface area contributed by atoms with Crippen LogP contribution in [-0.4, -0.2) is 82.5 Å². The van der Waals surface area contributed by atoms with E-state index in [9.17, 15) is 26.3 Å². The molecular weight excluding hydrogens is 566 g/mol. The molecule has 42 heavy (non-hydrogen) atoms. The van der Waals surface area contributed by atoms with E-state index in [1.807, 2.05) is 0 Å². The van der Waals surface area contributed by atoms with E-state index in [0.717, 1.165) is 19.0 Å². The Balaban J connectivity index is 1.45. The summed E-state index contributed by atoms with van der Waals surface area (Å²) in [5.41, 5.74) is 0.0291. The molecular formula is C28H38F6N6O2. The average Bonchev–Trinajstić information content (AvgIpc) is 2.86. The van der Waals surface area contributed by atoms with Crippen LogP contribution in [0.5, 0.6) is 11.5 Å². The fourth-order valence-corrected chi connectivity index (χ4v) is 5.81. The third kappa shape index (κ3) is 8.30. The van der Waals surface area contributed by atoms with Crippen LogP contribution in [0, 0.1) is 5.82 Å². The van der Waals surface area contributed by atoms with Gasteiger partial charge in [-0.3, -0.25) is 9.80 Å². The van der Waals surface area contributed by atoms with Crippen LogP contribution in [0.1, 0.15) is 53.4 Å². The first kappa shape index (κ1) is 31.9. The fraction of sp³-hybridized carbons (Fsp3) is 0.643. The van der Waals surface area contributed by atoms with Crippen molar-refractivity contribution in [2.75, 3.05) is 37.3 Å². The summed E-state index contributed by atoms with van der Waals surface area (Å²) in [5.74, 6) is -0.788. The van der Waals surface area contributed by atoms with Crippen molar-refractivity contribution in [3.63, 3.8) is 0 Å². The molecule has 0 aliphatic carbocycles. The lowest BCUT2D eigenvalue weighted by atomic mass is 9.77. The number of nitrogens with zero attached hydrogens (tertiary/aromatic N) is 4. The van der Waals surface area contributed by atoms with E-state index in [1.54, 1.807) is 0 Å². The summed E-state index contributed by atoms with van der Waals surface area (Å²) in [7, 11) is 2.08. The molecule has 0 spiro atoms. The third-order valence-electron chi connectivity index (χ3n) is 8.04. The van der Waals surface area contributed by atoms with Crippen LogP contribution in [0.15, 0.2) is 24.4 Å². The number of ether oxygens (including phenoxy) is 2. The van der Waals surface area contributed by atoms with E-state index >= 15 is 0 Å². The van der Waals surface area contributed by atoms with Crippen molar-refractivity contribution in [3.8, 4) is 11.5 Å². The van der Waals surface area contributed by atoms with E-state index in [1.165, 1.54) is 23.1 Å². The second-order valence-electron chi connectivity index (χ2n) is 12.2. The predicted octanol–water partition coefficient (Wildman–Crippen LogP) is 6.43. The maximum atomic E-state index is 14.7. The Morgan fingerprint density at radius 3 is 2.29 bits per heavy atom. The van der Waals surface area contributed by atoms with Gasteiger partial charge in [-0.05, 0) is 72.6 Å². The summed E-state index contributed by atoms with van der Waals surface area (Å²) < 4.78 is 89.7. The zero-order valence-corrected chi connectivity index (χ0v) is 24.4. The van der Waals surface area contributed by atoms with Crippen LogP contribution in [-0.2, 0) is 0 Å². The number of rotatable bonds is 9. The zero-order valence-electron chi connectivity index (χ0n) is 24.4. The summed E-state index contributed by atoms with van der Waals surface area (Å²) in [4.78, 5) is 11.9. The largest absolute Gasteiger partial charge is 0.486 e. The van der Waals surface area contributed by atoms with E-state index in [-0.39, 0.29) is 59.2 Å². The first-order valence-corrected chi connectivity index (χ1v) is 13.9. The number of hydrogen-bond donors (Lipinski definition) is 2. The van der Waals surface area contributed by atoms with Gasteiger partial charge in [0.1, 0.15) is 6.10 Å². The Labute approximate surface area is 241 Å². The van der Waals surface area contributed by atoms with Crippen molar-refractivity contribution in [1.29, 1.82) is 0 Å². The van der Waals surface area contributed by atoms with Crippen LogP contribution < -0.4 is 20.1 Å². The summed E-state index contributed by atoms with van der Waals surface area (Å²) in [5, 5.41) is 6.10. The van der Waals surface area contributed by atoms with Crippen LogP contribution in [0.2, 0.25) is 0 Å². The lowest BCUT2D eigenvalue weighted by molar-refractivity contribution is -0.149. The van der Waals surface area contributed by atoms with Crippen molar-refractivity contribution < 1.29 is 35.8 Å². The number of likely N-dealkylation sites (tertiary alicyclic amines) is 2. The normalized spacial score (nSPS) is 20.5. The van der Waals surface area contributed by atoms with E-state index < -0.39 is 31.3 Å². The van der Waals surface area contributed by atoms with Gasteiger partial charge in [-0.1, -0.05) is 0 Å². The predicted molar refractivity (Wildman–Crippen MR) is 147 cm³/mol. The van der Waals surface area contributed by atoms with Crippen molar-refractivity contribution in [2.45, 2.75) is 89.4 Å². The Kier molecular flexibility index (Phi) is 9.36. The maximum absolute atomic E-state index is 14.7. The monoisotopic (exact) mass is 604 g/mol. The van der Waals surface area contributed by atoms with Gasteiger partial charge >= 0.3 is 12.8 Å². The zero-order chi connectivity index (χ0) is 30.9. The molecule has 14 heteroatoms. The molecule has 4 rings (SSSR count). The molecule has 234 valence electrons. The molecule has 2 aliphatic rings. The van der Waals surface area contributed by atoms with Gasteiger partial charge in [-0.25, -0.2) is 9.37 Å². The van der Waals surface area contributed by atoms with Gasteiger partial charge in [-0.15, -0.1) is 0 Å². The van der Waals surface area contributed by atoms with Crippen LogP contribution in [0.4, 0.5) is 43.8 Å². The molecule has 3 heterocycles. The summed E-state index contributed by atoms with van der Waals surface area (Å²) in [6.07, 6.45) is -1.60. The highest BCUT2D eigenvalue weighted by Crippen LogP contribution is 2.38. The highest BCUT2D eigenvalue weighted by atomic mass is 19.4. The number of benzene rings is 1. The number of halogens is 6. The lowest BCUT2D eigenvalue weighted by Gasteiger charge is -2.53. The van der Waals surface area contributed by atoms with Crippen LogP contribution in [0.3, 0.4) is 0 Å². The Bertz CT molecular complexity index is 1200. The number of anilines is 3. The number of hydrogen-bond acceptors (Lipinski definition) is 8. The van der Waals surface area contributed by atoms with Gasteiger partial charge < -0.3 is 20.1 Å². The molecule has 8 nitrogen and oxygen atoms in total. The first-order chi connectivity index (χ1) is 19.5. The highest BCUT2D eigenvalue weighted by molar-refractivity contribution is 5.60. The fourth-order valence-electron chi connectivity index (χ4n) is 5.81. The molecule has 2 fully saturated rings. The summed E-state index contributed by atoms with van der Waals surface area (Å²) in [6, 6.07) is 4.19. The van der Waals surface area contributed by atoms with Gasteiger partial charge in [0.2, 0.25) is 5.95 Å². The van der Waals surface area contributed by atoms with Gasteiger partial charge in [0.15, 0.2) is 23.1 Å². The molecule has 1 aromatic carbocycles. The van der Waals surface area contributed by atoms with Crippen LogP contribution >= 0.6 is 0 Å². The minimum absolute atomic E-state index is 0.0227. The first-order valence-electron chi connectivity index (χ1n) is 13.9. The number of nitrogens with one attached hydrogen (secondary N) is 2. The van der Waals surface area contributed by atoms with Gasteiger partial charge in [0.05, 0.1) is 12.7 Å². The van der Waals surface area contributed by atoms with Gasteiger partial charge in [0, 0.05) is 42.0 Å². The Hall–Kier alpha value is -3.00. The highest BCUT2D eigenvalue weighted by Gasteiger charge is 2.43. The minimum Gasteiger partial charge on any atom is -0.486 e. The number of piperidine rings is 2. The molecule has 0 amide bonds. The van der Waals surface area contributed by atoms with Crippen molar-refractivity contribution in [3.05, 3.63) is 30.2 Å². The molecule has 0 saturated carbocycles. The van der Waals surface area contributed by atoms with Gasteiger partial charge in [0.25, 0.3) is 0 Å².